The molecular formula is C14H13N5O2. The molecule has 7 nitrogen and oxygen atoms in total. The molecule has 0 unspecified atom stereocenters. The molecule has 3 rings (SSSR count). The zero-order valence-electron chi connectivity index (χ0n) is 11.3. The molecule has 0 spiro atoms. The van der Waals surface area contributed by atoms with Crippen LogP contribution in [0.5, 0.6) is 5.88 Å². The van der Waals surface area contributed by atoms with E-state index in [-0.39, 0.29) is 5.91 Å². The second-order valence-corrected chi connectivity index (χ2v) is 4.35. The summed E-state index contributed by atoms with van der Waals surface area (Å²) in [7, 11) is 1.53. The molecular weight excluding hydrogens is 270 g/mol. The van der Waals surface area contributed by atoms with E-state index in [0.717, 1.165) is 11.1 Å². The molecule has 0 bridgehead atoms. The van der Waals surface area contributed by atoms with E-state index in [9.17, 15) is 4.79 Å². The van der Waals surface area contributed by atoms with Crippen molar-refractivity contribution in [2.45, 2.75) is 6.54 Å². The van der Waals surface area contributed by atoms with Crippen molar-refractivity contribution in [3.05, 3.63) is 47.9 Å². The highest BCUT2D eigenvalue weighted by atomic mass is 16.5. The van der Waals surface area contributed by atoms with Gasteiger partial charge in [-0.05, 0) is 18.2 Å². The van der Waals surface area contributed by atoms with Crippen molar-refractivity contribution < 1.29 is 9.53 Å². The van der Waals surface area contributed by atoms with Crippen LogP contribution in [0.3, 0.4) is 0 Å². The molecule has 3 aromatic rings. The lowest BCUT2D eigenvalue weighted by Gasteiger charge is -2.04. The summed E-state index contributed by atoms with van der Waals surface area (Å²) in [6, 6.07) is 7.04. The summed E-state index contributed by atoms with van der Waals surface area (Å²) in [5.74, 6) is 0.258. The summed E-state index contributed by atoms with van der Waals surface area (Å²) in [5.41, 5.74) is 1.92. The van der Waals surface area contributed by atoms with Crippen LogP contribution in [0.15, 0.2) is 36.7 Å². The summed E-state index contributed by atoms with van der Waals surface area (Å²) < 4.78 is 4.95. The van der Waals surface area contributed by atoms with Gasteiger partial charge in [-0.3, -0.25) is 9.89 Å². The van der Waals surface area contributed by atoms with Gasteiger partial charge in [-0.15, -0.1) is 0 Å². The third-order valence-electron chi connectivity index (χ3n) is 3.04. The number of aromatic nitrogens is 4. The van der Waals surface area contributed by atoms with Crippen LogP contribution in [0, 0.1) is 0 Å². The Kier molecular flexibility index (Phi) is 3.46. The smallest absolute Gasteiger partial charge is 0.253 e. The molecule has 3 aromatic heterocycles. The number of carbonyl (C=O) groups excluding carboxylic acids is 1. The molecule has 7 heteroatoms. The Balaban J connectivity index is 1.70. The lowest BCUT2D eigenvalue weighted by molar-refractivity contribution is 0.0950. The van der Waals surface area contributed by atoms with E-state index in [4.69, 9.17) is 4.74 Å². The minimum absolute atomic E-state index is 0.211. The van der Waals surface area contributed by atoms with Crippen LogP contribution in [0.4, 0.5) is 0 Å². The number of hydrogen-bond donors (Lipinski definition) is 2. The minimum Gasteiger partial charge on any atom is -0.481 e. The van der Waals surface area contributed by atoms with E-state index < -0.39 is 0 Å². The highest BCUT2D eigenvalue weighted by molar-refractivity contribution is 5.94. The molecule has 2 N–H and O–H groups in total. The number of nitrogens with zero attached hydrogens (tertiary/aromatic N) is 3. The Morgan fingerprint density at radius 2 is 2.24 bits per heavy atom. The number of nitrogens with one attached hydrogen (secondary N) is 2. The Hall–Kier alpha value is -2.96. The van der Waals surface area contributed by atoms with E-state index in [1.165, 1.54) is 13.3 Å². The largest absolute Gasteiger partial charge is 0.481 e. The van der Waals surface area contributed by atoms with Crippen LogP contribution in [0.25, 0.3) is 11.0 Å². The molecule has 0 saturated heterocycles. The van der Waals surface area contributed by atoms with Crippen LogP contribution in [-0.2, 0) is 6.54 Å². The van der Waals surface area contributed by atoms with Gasteiger partial charge >= 0.3 is 0 Å². The van der Waals surface area contributed by atoms with Gasteiger partial charge in [0.1, 0.15) is 0 Å². The van der Waals surface area contributed by atoms with Gasteiger partial charge in [-0.25, -0.2) is 9.97 Å². The number of rotatable bonds is 4. The van der Waals surface area contributed by atoms with E-state index in [0.29, 0.717) is 23.6 Å². The first kappa shape index (κ1) is 13.0. The van der Waals surface area contributed by atoms with Gasteiger partial charge in [0.05, 0.1) is 24.9 Å². The number of methoxy groups -OCH3 is 1. The van der Waals surface area contributed by atoms with Gasteiger partial charge in [-0.2, -0.15) is 5.10 Å². The van der Waals surface area contributed by atoms with Crippen LogP contribution >= 0.6 is 0 Å². The van der Waals surface area contributed by atoms with E-state index >= 15 is 0 Å². The first-order valence-electron chi connectivity index (χ1n) is 6.34. The van der Waals surface area contributed by atoms with Gasteiger partial charge in [0.2, 0.25) is 5.88 Å². The quantitative estimate of drug-likeness (QED) is 0.752. The monoisotopic (exact) mass is 283 g/mol. The maximum Gasteiger partial charge on any atom is 0.253 e. The number of carbonyl (C=O) groups is 1. The highest BCUT2D eigenvalue weighted by Gasteiger charge is 2.09. The first-order valence-corrected chi connectivity index (χ1v) is 6.34. The fourth-order valence-corrected chi connectivity index (χ4v) is 1.94. The molecule has 106 valence electrons. The van der Waals surface area contributed by atoms with E-state index in [2.05, 4.69) is 25.5 Å². The van der Waals surface area contributed by atoms with Crippen LogP contribution in [-0.4, -0.2) is 33.2 Å². The summed E-state index contributed by atoms with van der Waals surface area (Å²) in [5, 5.41) is 10.7. The van der Waals surface area contributed by atoms with E-state index in [1.807, 2.05) is 12.1 Å². The number of fused-ring (bicyclic) bond motifs is 1. The zero-order valence-corrected chi connectivity index (χ0v) is 11.3. The third-order valence-corrected chi connectivity index (χ3v) is 3.04. The predicted molar refractivity (Wildman–Crippen MR) is 75.8 cm³/mol. The number of pyridine rings is 2. The van der Waals surface area contributed by atoms with Crippen molar-refractivity contribution in [3.8, 4) is 5.88 Å². The fraction of sp³-hybridized carbons (Fsp3) is 0.143. The molecule has 0 fully saturated rings. The Bertz CT molecular complexity index is 766. The number of H-pyrrole nitrogens is 1. The number of amides is 1. The molecule has 0 aliphatic carbocycles. The zero-order chi connectivity index (χ0) is 14.7. The lowest BCUT2D eigenvalue weighted by atomic mass is 10.2. The average Bonchev–Trinajstić information content (AvgIpc) is 2.96. The number of hydrogen-bond acceptors (Lipinski definition) is 5. The third kappa shape index (κ3) is 2.66. The summed E-state index contributed by atoms with van der Waals surface area (Å²) in [6.07, 6.45) is 3.15. The maximum atomic E-state index is 12.0. The lowest BCUT2D eigenvalue weighted by Crippen LogP contribution is -2.23. The van der Waals surface area contributed by atoms with Gasteiger partial charge in [0.15, 0.2) is 5.65 Å². The summed E-state index contributed by atoms with van der Waals surface area (Å²) >= 11 is 0. The van der Waals surface area contributed by atoms with Gasteiger partial charge in [0.25, 0.3) is 5.91 Å². The fourth-order valence-electron chi connectivity index (χ4n) is 1.94. The van der Waals surface area contributed by atoms with E-state index in [1.54, 1.807) is 18.3 Å². The second kappa shape index (κ2) is 5.58. The molecule has 3 heterocycles. The topological polar surface area (TPSA) is 92.8 Å². The van der Waals surface area contributed by atoms with Crippen molar-refractivity contribution in [2.24, 2.45) is 0 Å². The summed E-state index contributed by atoms with van der Waals surface area (Å²) in [6.45, 7) is 0.340. The van der Waals surface area contributed by atoms with Gasteiger partial charge in [-0.1, -0.05) is 0 Å². The van der Waals surface area contributed by atoms with Crippen LogP contribution in [0.2, 0.25) is 0 Å². The van der Waals surface area contributed by atoms with Gasteiger partial charge < -0.3 is 10.1 Å². The number of aromatic amines is 1. The van der Waals surface area contributed by atoms with Gasteiger partial charge in [0, 0.05) is 23.8 Å². The van der Waals surface area contributed by atoms with Crippen molar-refractivity contribution in [1.82, 2.24) is 25.5 Å². The Labute approximate surface area is 120 Å². The summed E-state index contributed by atoms with van der Waals surface area (Å²) in [4.78, 5) is 20.2. The standard InChI is InChI=1S/C14H13N5O2/c1-21-12-5-4-9(7-16-12)14(20)17-8-11-10-3-2-6-15-13(10)19-18-11/h2-7H,8H2,1H3,(H,17,20)(H,15,18,19). The second-order valence-electron chi connectivity index (χ2n) is 4.35. The Morgan fingerprint density at radius 3 is 3.00 bits per heavy atom. The average molecular weight is 283 g/mol. The molecule has 0 radical (unpaired) electrons. The molecule has 0 saturated carbocycles. The predicted octanol–water partition coefficient (Wildman–Crippen LogP) is 1.29. The maximum absolute atomic E-state index is 12.0. The first-order chi connectivity index (χ1) is 10.3. The Morgan fingerprint density at radius 1 is 1.33 bits per heavy atom. The van der Waals surface area contributed by atoms with Crippen molar-refractivity contribution in [3.63, 3.8) is 0 Å². The molecule has 0 aliphatic rings. The number of ether oxygens (including phenoxy) is 1. The molecule has 21 heavy (non-hydrogen) atoms. The van der Waals surface area contributed by atoms with Crippen LogP contribution < -0.4 is 10.1 Å². The van der Waals surface area contributed by atoms with Crippen molar-refractivity contribution in [1.29, 1.82) is 0 Å². The SMILES string of the molecule is COc1ccc(C(=O)NCc2[nH]nc3ncccc23)cn1. The molecule has 0 atom stereocenters. The minimum atomic E-state index is -0.211. The molecule has 1 amide bonds. The molecule has 0 aliphatic heterocycles. The highest BCUT2D eigenvalue weighted by Crippen LogP contribution is 2.12. The van der Waals surface area contributed by atoms with Crippen molar-refractivity contribution >= 4 is 16.9 Å². The van der Waals surface area contributed by atoms with Crippen molar-refractivity contribution in [2.75, 3.05) is 7.11 Å². The van der Waals surface area contributed by atoms with Crippen LogP contribution in [0.1, 0.15) is 16.1 Å². The molecule has 0 aromatic carbocycles. The normalized spacial score (nSPS) is 10.5.